The number of rotatable bonds is 3. The number of halogens is 1. The summed E-state index contributed by atoms with van der Waals surface area (Å²) in [4.78, 5) is 27.4. The summed E-state index contributed by atoms with van der Waals surface area (Å²) in [6, 6.07) is 6.91. The molecular weight excluding hydrogens is 480 g/mol. The molecule has 5 fully saturated rings. The second-order valence-corrected chi connectivity index (χ2v) is 12.4. The molecule has 0 aromatic heterocycles. The fraction of sp³-hybridized carbons (Fsp3) is 0.704. The number of fused-ring (bicyclic) bond motifs is 2. The summed E-state index contributed by atoms with van der Waals surface area (Å²) in [5.41, 5.74) is 2.68. The van der Waals surface area contributed by atoms with Crippen molar-refractivity contribution in [2.75, 3.05) is 20.2 Å². The van der Waals surface area contributed by atoms with E-state index in [1.165, 1.54) is 50.3 Å². The molecule has 33 heavy (non-hydrogen) atoms. The molecule has 2 amide bonds. The molecule has 7 rings (SSSR count). The molecule has 6 heteroatoms. The lowest BCUT2D eigenvalue weighted by Gasteiger charge is -2.54. The Hall–Kier alpha value is -1.56. The molecular formula is C27H35BrN2O3. The summed E-state index contributed by atoms with van der Waals surface area (Å²) in [6.45, 7) is 1.57. The molecule has 1 saturated heterocycles. The zero-order valence-corrected chi connectivity index (χ0v) is 21.1. The maximum absolute atomic E-state index is 13.3. The molecule has 1 aromatic carbocycles. The highest BCUT2D eigenvalue weighted by atomic mass is 79.9. The minimum atomic E-state index is -0.143. The smallest absolute Gasteiger partial charge is 0.317 e. The van der Waals surface area contributed by atoms with Crippen molar-refractivity contribution < 1.29 is 14.3 Å². The van der Waals surface area contributed by atoms with Crippen LogP contribution in [0.1, 0.15) is 74.8 Å². The van der Waals surface area contributed by atoms with E-state index in [1.54, 1.807) is 0 Å². The maximum atomic E-state index is 13.3. The molecule has 5 nitrogen and oxygen atoms in total. The molecule has 1 spiro atoms. The number of nitrogens with one attached hydrogen (secondary N) is 1. The molecule has 6 aliphatic rings. The third-order valence-electron chi connectivity index (χ3n) is 9.82. The number of esters is 1. The predicted molar refractivity (Wildman–Crippen MR) is 130 cm³/mol. The second-order valence-electron chi connectivity index (χ2n) is 11.6. The van der Waals surface area contributed by atoms with E-state index >= 15 is 0 Å². The first-order valence-corrected chi connectivity index (χ1v) is 13.7. The van der Waals surface area contributed by atoms with Gasteiger partial charge in [0, 0.05) is 29.0 Å². The Morgan fingerprint density at radius 3 is 2.39 bits per heavy atom. The van der Waals surface area contributed by atoms with Crippen LogP contribution in [0.5, 0.6) is 0 Å². The standard InChI is InChI=1S/C27H35BrN2O3/c1-33-23(31)14-20-15-27(24-21(20)3-2-4-22(24)28)5-7-30(8-6-27)26(32)29-25-18-10-16-9-17(12-18)13-19(25)11-16/h2-4,16-20,25H,5-15H2,1H3,(H,29,32). The lowest BCUT2D eigenvalue weighted by Crippen LogP contribution is -2.59. The highest BCUT2D eigenvalue weighted by Gasteiger charge is 2.50. The SMILES string of the molecule is COC(=O)CC1CC2(CCN(C(=O)NC3C4CC5CC(C4)CC3C5)CC2)c2c(Br)cccc21. The summed E-state index contributed by atoms with van der Waals surface area (Å²) in [5.74, 6) is 3.31. The van der Waals surface area contributed by atoms with E-state index in [9.17, 15) is 9.59 Å². The molecule has 0 radical (unpaired) electrons. The largest absolute Gasteiger partial charge is 0.469 e. The Bertz CT molecular complexity index is 927. The van der Waals surface area contributed by atoms with Gasteiger partial charge in [-0.2, -0.15) is 0 Å². The zero-order chi connectivity index (χ0) is 22.7. The van der Waals surface area contributed by atoms with E-state index < -0.39 is 0 Å². The van der Waals surface area contributed by atoms with Crippen molar-refractivity contribution in [3.05, 3.63) is 33.8 Å². The highest BCUT2D eigenvalue weighted by molar-refractivity contribution is 9.10. The summed E-state index contributed by atoms with van der Waals surface area (Å²) in [7, 11) is 1.47. The van der Waals surface area contributed by atoms with Crippen LogP contribution in [0.3, 0.4) is 0 Å². The van der Waals surface area contributed by atoms with Crippen LogP contribution in [0.25, 0.3) is 0 Å². The van der Waals surface area contributed by atoms with Gasteiger partial charge in [-0.25, -0.2) is 4.79 Å². The number of amides is 2. The Morgan fingerprint density at radius 2 is 1.76 bits per heavy atom. The summed E-state index contributed by atoms with van der Waals surface area (Å²) in [6.07, 6.45) is 10.0. The predicted octanol–water partition coefficient (Wildman–Crippen LogP) is 5.37. The molecule has 1 N–H and O–H groups in total. The van der Waals surface area contributed by atoms with Crippen LogP contribution in [-0.4, -0.2) is 43.1 Å². The fourth-order valence-corrected chi connectivity index (χ4v) is 9.38. The van der Waals surface area contributed by atoms with Crippen molar-refractivity contribution in [1.29, 1.82) is 0 Å². The molecule has 4 saturated carbocycles. The molecule has 5 aliphatic carbocycles. The Balaban J connectivity index is 1.14. The van der Waals surface area contributed by atoms with Crippen molar-refractivity contribution >= 4 is 27.9 Å². The van der Waals surface area contributed by atoms with Crippen LogP contribution in [0.15, 0.2) is 22.7 Å². The van der Waals surface area contributed by atoms with Crippen LogP contribution < -0.4 is 5.32 Å². The molecule has 1 aliphatic heterocycles. The van der Waals surface area contributed by atoms with E-state index in [4.69, 9.17) is 4.74 Å². The minimum absolute atomic E-state index is 0.0352. The fourth-order valence-electron chi connectivity index (χ4n) is 8.58. The number of methoxy groups -OCH3 is 1. The average molecular weight is 515 g/mol. The van der Waals surface area contributed by atoms with Gasteiger partial charge in [-0.3, -0.25) is 4.79 Å². The first kappa shape index (κ1) is 21.9. The van der Waals surface area contributed by atoms with Gasteiger partial charge >= 0.3 is 12.0 Å². The third-order valence-corrected chi connectivity index (χ3v) is 10.5. The molecule has 4 bridgehead atoms. The van der Waals surface area contributed by atoms with Gasteiger partial charge in [0.25, 0.3) is 0 Å². The van der Waals surface area contributed by atoms with Gasteiger partial charge in [0.05, 0.1) is 13.5 Å². The van der Waals surface area contributed by atoms with E-state index in [-0.39, 0.29) is 23.3 Å². The summed E-state index contributed by atoms with van der Waals surface area (Å²) in [5, 5.41) is 3.50. The van der Waals surface area contributed by atoms with Crippen molar-refractivity contribution in [2.24, 2.45) is 23.7 Å². The number of ether oxygens (including phenoxy) is 1. The van der Waals surface area contributed by atoms with Crippen molar-refractivity contribution in [3.8, 4) is 0 Å². The number of benzene rings is 1. The topological polar surface area (TPSA) is 58.6 Å². The number of likely N-dealkylation sites (tertiary alicyclic amines) is 1. The number of hydrogen-bond acceptors (Lipinski definition) is 3. The molecule has 1 atom stereocenters. The monoisotopic (exact) mass is 514 g/mol. The van der Waals surface area contributed by atoms with Gasteiger partial charge in [-0.05, 0) is 98.1 Å². The van der Waals surface area contributed by atoms with Crippen molar-refractivity contribution in [2.45, 2.75) is 75.2 Å². The third kappa shape index (κ3) is 3.71. The van der Waals surface area contributed by atoms with E-state index in [1.807, 2.05) is 0 Å². The van der Waals surface area contributed by atoms with Crippen molar-refractivity contribution in [1.82, 2.24) is 10.2 Å². The van der Waals surface area contributed by atoms with E-state index in [0.717, 1.165) is 48.7 Å². The number of carbonyl (C=O) groups excluding carboxylic acids is 2. The number of urea groups is 1. The lowest BCUT2D eigenvalue weighted by atomic mass is 9.54. The number of carbonyl (C=O) groups is 2. The van der Waals surface area contributed by atoms with Crippen LogP contribution >= 0.6 is 15.9 Å². The van der Waals surface area contributed by atoms with Crippen LogP contribution in [0, 0.1) is 23.7 Å². The van der Waals surface area contributed by atoms with E-state index in [0.29, 0.717) is 24.3 Å². The number of hydrogen-bond donors (Lipinski definition) is 1. The van der Waals surface area contributed by atoms with Gasteiger partial charge < -0.3 is 15.0 Å². The van der Waals surface area contributed by atoms with Gasteiger partial charge in [-0.15, -0.1) is 0 Å². The number of nitrogens with zero attached hydrogens (tertiary/aromatic N) is 1. The zero-order valence-electron chi connectivity index (χ0n) is 19.5. The Labute approximate surface area is 205 Å². The van der Waals surface area contributed by atoms with Crippen LogP contribution in [0.2, 0.25) is 0 Å². The average Bonchev–Trinajstić information content (AvgIpc) is 3.09. The van der Waals surface area contributed by atoms with Gasteiger partial charge in [0.1, 0.15) is 0 Å². The van der Waals surface area contributed by atoms with Gasteiger partial charge in [0.15, 0.2) is 0 Å². The molecule has 1 unspecified atom stereocenters. The maximum Gasteiger partial charge on any atom is 0.317 e. The lowest BCUT2D eigenvalue weighted by molar-refractivity contribution is -0.141. The molecule has 1 aromatic rings. The number of piperidine rings is 1. The molecule has 178 valence electrons. The Kier molecular flexibility index (Phi) is 5.51. The first-order valence-electron chi connectivity index (χ1n) is 12.9. The summed E-state index contributed by atoms with van der Waals surface area (Å²) < 4.78 is 6.12. The molecule has 1 heterocycles. The van der Waals surface area contributed by atoms with Crippen molar-refractivity contribution in [3.63, 3.8) is 0 Å². The van der Waals surface area contributed by atoms with E-state index in [2.05, 4.69) is 44.3 Å². The first-order chi connectivity index (χ1) is 16.0. The summed E-state index contributed by atoms with van der Waals surface area (Å²) >= 11 is 3.81. The highest BCUT2D eigenvalue weighted by Crippen LogP contribution is 2.56. The second kappa shape index (κ2) is 8.28. The minimum Gasteiger partial charge on any atom is -0.469 e. The van der Waals surface area contributed by atoms with Gasteiger partial charge in [-0.1, -0.05) is 28.1 Å². The van der Waals surface area contributed by atoms with Gasteiger partial charge in [0.2, 0.25) is 0 Å². The van der Waals surface area contributed by atoms with Crippen LogP contribution in [-0.2, 0) is 14.9 Å². The Morgan fingerprint density at radius 1 is 1.09 bits per heavy atom. The normalized spacial score (nSPS) is 35.5. The van der Waals surface area contributed by atoms with Crippen LogP contribution in [0.4, 0.5) is 4.79 Å². The quantitative estimate of drug-likeness (QED) is 0.551.